The van der Waals surface area contributed by atoms with Gasteiger partial charge >= 0.3 is 0 Å². The molecule has 2 aromatic carbocycles. The number of hydrogen-bond donors (Lipinski definition) is 0. The summed E-state index contributed by atoms with van der Waals surface area (Å²) in [4.78, 5) is 31.8. The van der Waals surface area contributed by atoms with Gasteiger partial charge in [-0.2, -0.15) is 5.10 Å². The third kappa shape index (κ3) is 3.76. The van der Waals surface area contributed by atoms with Gasteiger partial charge in [0.05, 0.1) is 16.8 Å². The zero-order valence-electron chi connectivity index (χ0n) is 17.1. The van der Waals surface area contributed by atoms with E-state index in [-0.39, 0.29) is 17.2 Å². The standard InChI is InChI=1S/C23H22N4O2S/c1-4-27-20(28)13-11-18(25-27)22(29)26(14-17-8-6-5-7-9-17)23-24-21-16(3)15(2)10-12-19(21)30-23/h5-13H,4,14H2,1-3H3. The Morgan fingerprint density at radius 1 is 1.07 bits per heavy atom. The molecule has 0 saturated carbocycles. The largest absolute Gasteiger partial charge is 0.280 e. The smallest absolute Gasteiger partial charge is 0.278 e. The maximum Gasteiger partial charge on any atom is 0.280 e. The van der Waals surface area contributed by atoms with Crippen molar-refractivity contribution < 1.29 is 4.79 Å². The number of thiazole rings is 1. The predicted octanol–water partition coefficient (Wildman–Crippen LogP) is 4.34. The molecule has 0 aliphatic carbocycles. The van der Waals surface area contributed by atoms with Crippen LogP contribution in [0.1, 0.15) is 34.1 Å². The Hall–Kier alpha value is -3.32. The highest BCUT2D eigenvalue weighted by Crippen LogP contribution is 2.33. The number of anilines is 1. The molecule has 0 aliphatic heterocycles. The fourth-order valence-electron chi connectivity index (χ4n) is 3.25. The number of hydrogen-bond acceptors (Lipinski definition) is 5. The molecule has 7 heteroatoms. The first kappa shape index (κ1) is 20.0. The highest BCUT2D eigenvalue weighted by atomic mass is 32.1. The van der Waals surface area contributed by atoms with E-state index in [1.165, 1.54) is 28.2 Å². The van der Waals surface area contributed by atoms with Gasteiger partial charge in [0, 0.05) is 12.6 Å². The second-order valence-corrected chi connectivity index (χ2v) is 8.11. The lowest BCUT2D eigenvalue weighted by atomic mass is 10.1. The van der Waals surface area contributed by atoms with Crippen LogP contribution >= 0.6 is 11.3 Å². The van der Waals surface area contributed by atoms with Crippen LogP contribution in [0.3, 0.4) is 0 Å². The average molecular weight is 419 g/mol. The van der Waals surface area contributed by atoms with Crippen molar-refractivity contribution in [1.29, 1.82) is 0 Å². The molecule has 0 aliphatic rings. The fourth-order valence-corrected chi connectivity index (χ4v) is 4.27. The van der Waals surface area contributed by atoms with E-state index in [0.29, 0.717) is 18.2 Å². The van der Waals surface area contributed by atoms with Crippen LogP contribution in [0, 0.1) is 13.8 Å². The summed E-state index contributed by atoms with van der Waals surface area (Å²) in [5.41, 5.74) is 4.17. The van der Waals surface area contributed by atoms with Crippen LogP contribution in [0.4, 0.5) is 5.13 Å². The van der Waals surface area contributed by atoms with Crippen molar-refractivity contribution in [2.24, 2.45) is 0 Å². The van der Waals surface area contributed by atoms with Crippen LogP contribution in [-0.2, 0) is 13.1 Å². The Labute approximate surface area is 178 Å². The minimum Gasteiger partial charge on any atom is -0.278 e. The summed E-state index contributed by atoms with van der Waals surface area (Å²) in [7, 11) is 0. The van der Waals surface area contributed by atoms with E-state index in [1.807, 2.05) is 50.2 Å². The van der Waals surface area contributed by atoms with Crippen molar-refractivity contribution in [3.63, 3.8) is 0 Å². The Balaban J connectivity index is 1.81. The second kappa shape index (κ2) is 8.20. The van der Waals surface area contributed by atoms with Gasteiger partial charge in [0.2, 0.25) is 0 Å². The zero-order valence-corrected chi connectivity index (χ0v) is 17.9. The molecule has 0 unspecified atom stereocenters. The number of nitrogens with zero attached hydrogens (tertiary/aromatic N) is 4. The quantitative estimate of drug-likeness (QED) is 0.484. The molecule has 2 heterocycles. The SMILES string of the molecule is CCn1nc(C(=O)N(Cc2ccccc2)c2nc3c(C)c(C)ccc3s2)ccc1=O. The number of benzene rings is 2. The third-order valence-corrected chi connectivity index (χ3v) is 6.16. The van der Waals surface area contributed by atoms with E-state index in [1.54, 1.807) is 4.90 Å². The fraction of sp³-hybridized carbons (Fsp3) is 0.217. The van der Waals surface area contributed by atoms with E-state index in [0.717, 1.165) is 26.9 Å². The molecule has 0 saturated heterocycles. The summed E-state index contributed by atoms with van der Waals surface area (Å²) in [6.45, 7) is 6.69. The molecule has 4 rings (SSSR count). The third-order valence-electron chi connectivity index (χ3n) is 5.12. The van der Waals surface area contributed by atoms with Gasteiger partial charge in [-0.25, -0.2) is 9.67 Å². The summed E-state index contributed by atoms with van der Waals surface area (Å²) in [6, 6.07) is 16.8. The second-order valence-electron chi connectivity index (χ2n) is 7.10. The van der Waals surface area contributed by atoms with E-state index in [9.17, 15) is 9.59 Å². The number of carbonyl (C=O) groups excluding carboxylic acids is 1. The summed E-state index contributed by atoms with van der Waals surface area (Å²) < 4.78 is 2.32. The lowest BCUT2D eigenvalue weighted by molar-refractivity contribution is 0.0978. The number of rotatable bonds is 5. The highest BCUT2D eigenvalue weighted by Gasteiger charge is 2.24. The van der Waals surface area contributed by atoms with Crippen LogP contribution in [-0.4, -0.2) is 20.7 Å². The van der Waals surface area contributed by atoms with Crippen molar-refractivity contribution in [3.8, 4) is 0 Å². The Bertz CT molecular complexity index is 1280. The average Bonchev–Trinajstić information content (AvgIpc) is 3.20. The first-order valence-corrected chi connectivity index (χ1v) is 10.6. The topological polar surface area (TPSA) is 68.1 Å². The van der Waals surface area contributed by atoms with Crippen LogP contribution in [0.5, 0.6) is 0 Å². The van der Waals surface area contributed by atoms with Crippen molar-refractivity contribution in [3.05, 3.63) is 87.3 Å². The summed E-state index contributed by atoms with van der Waals surface area (Å²) in [6.07, 6.45) is 0. The summed E-state index contributed by atoms with van der Waals surface area (Å²) in [5.74, 6) is -0.283. The first-order chi connectivity index (χ1) is 14.5. The molecule has 4 aromatic rings. The molecule has 0 radical (unpaired) electrons. The number of aromatic nitrogens is 3. The van der Waals surface area contributed by atoms with Gasteiger partial charge in [0.1, 0.15) is 5.69 Å². The molecule has 6 nitrogen and oxygen atoms in total. The molecule has 0 N–H and O–H groups in total. The molecule has 0 bridgehead atoms. The molecule has 0 atom stereocenters. The van der Waals surface area contributed by atoms with Gasteiger partial charge in [0.25, 0.3) is 11.5 Å². The monoisotopic (exact) mass is 418 g/mol. The maximum atomic E-state index is 13.5. The predicted molar refractivity (Wildman–Crippen MR) is 120 cm³/mol. The maximum absolute atomic E-state index is 13.5. The van der Waals surface area contributed by atoms with Gasteiger partial charge in [-0.3, -0.25) is 14.5 Å². The van der Waals surface area contributed by atoms with Gasteiger partial charge < -0.3 is 0 Å². The van der Waals surface area contributed by atoms with E-state index in [4.69, 9.17) is 4.98 Å². The van der Waals surface area contributed by atoms with Crippen molar-refractivity contribution in [1.82, 2.24) is 14.8 Å². The van der Waals surface area contributed by atoms with Crippen LogP contribution in [0.2, 0.25) is 0 Å². The van der Waals surface area contributed by atoms with Crippen molar-refractivity contribution in [2.75, 3.05) is 4.90 Å². The van der Waals surface area contributed by atoms with Crippen molar-refractivity contribution >= 4 is 32.6 Å². The molecular weight excluding hydrogens is 396 g/mol. The molecular formula is C23H22N4O2S. The first-order valence-electron chi connectivity index (χ1n) is 9.78. The minimum atomic E-state index is -0.283. The Morgan fingerprint density at radius 2 is 1.83 bits per heavy atom. The Kier molecular flexibility index (Phi) is 5.46. The lowest BCUT2D eigenvalue weighted by Crippen LogP contribution is -2.33. The summed E-state index contributed by atoms with van der Waals surface area (Å²) in [5, 5.41) is 4.87. The van der Waals surface area contributed by atoms with Gasteiger partial charge in [-0.1, -0.05) is 47.7 Å². The van der Waals surface area contributed by atoms with Gasteiger partial charge in [-0.05, 0) is 49.6 Å². The molecule has 152 valence electrons. The molecule has 2 aromatic heterocycles. The van der Waals surface area contributed by atoms with Crippen LogP contribution in [0.25, 0.3) is 10.2 Å². The van der Waals surface area contributed by atoms with Crippen LogP contribution in [0.15, 0.2) is 59.4 Å². The lowest BCUT2D eigenvalue weighted by Gasteiger charge is -2.20. The van der Waals surface area contributed by atoms with Gasteiger partial charge in [0.15, 0.2) is 5.13 Å². The minimum absolute atomic E-state index is 0.222. The van der Waals surface area contributed by atoms with Gasteiger partial charge in [-0.15, -0.1) is 0 Å². The number of carbonyl (C=O) groups is 1. The summed E-state index contributed by atoms with van der Waals surface area (Å²) >= 11 is 1.48. The molecule has 0 spiro atoms. The number of fused-ring (bicyclic) bond motifs is 1. The van der Waals surface area contributed by atoms with E-state index >= 15 is 0 Å². The van der Waals surface area contributed by atoms with Crippen LogP contribution < -0.4 is 10.5 Å². The zero-order chi connectivity index (χ0) is 21.3. The van der Waals surface area contributed by atoms with E-state index < -0.39 is 0 Å². The highest BCUT2D eigenvalue weighted by molar-refractivity contribution is 7.22. The number of aryl methyl sites for hydroxylation is 3. The number of amides is 1. The normalized spacial score (nSPS) is 11.0. The molecule has 0 fully saturated rings. The van der Waals surface area contributed by atoms with Crippen molar-refractivity contribution in [2.45, 2.75) is 33.9 Å². The molecule has 30 heavy (non-hydrogen) atoms. The molecule has 1 amide bonds. The Morgan fingerprint density at radius 3 is 2.57 bits per heavy atom. The van der Waals surface area contributed by atoms with E-state index in [2.05, 4.69) is 18.1 Å².